The van der Waals surface area contributed by atoms with Gasteiger partial charge in [-0.1, -0.05) is 23.4 Å². The first-order valence-corrected chi connectivity index (χ1v) is 11.2. The van der Waals surface area contributed by atoms with E-state index in [1.165, 1.54) is 28.0 Å². The van der Waals surface area contributed by atoms with Crippen molar-refractivity contribution in [3.63, 3.8) is 0 Å². The fourth-order valence-electron chi connectivity index (χ4n) is 3.19. The number of anilines is 1. The molecule has 10 heteroatoms. The Hall–Kier alpha value is -2.41. The number of hydrogen-bond acceptors (Lipinski definition) is 7. The van der Waals surface area contributed by atoms with Crippen molar-refractivity contribution in [3.8, 4) is 11.8 Å². The van der Waals surface area contributed by atoms with Gasteiger partial charge in [0.15, 0.2) is 0 Å². The van der Waals surface area contributed by atoms with Crippen LogP contribution in [0.15, 0.2) is 29.4 Å². The molecule has 0 fully saturated rings. The molecule has 29 heavy (non-hydrogen) atoms. The van der Waals surface area contributed by atoms with Gasteiger partial charge in [0.25, 0.3) is 0 Å². The van der Waals surface area contributed by atoms with E-state index in [9.17, 15) is 10.1 Å². The van der Waals surface area contributed by atoms with E-state index in [0.717, 1.165) is 36.9 Å². The Bertz CT molecular complexity index is 1090. The molecule has 1 atom stereocenters. The van der Waals surface area contributed by atoms with Gasteiger partial charge in [0.2, 0.25) is 11.1 Å². The Kier molecular flexibility index (Phi) is 5.85. The van der Waals surface area contributed by atoms with Crippen LogP contribution >= 0.6 is 34.7 Å². The predicted molar refractivity (Wildman–Crippen MR) is 114 cm³/mol. The number of nitrogens with zero attached hydrogens (tertiary/aromatic N) is 5. The number of nitriles is 1. The Morgan fingerprint density at radius 2 is 2.10 bits per heavy atom. The predicted octanol–water partition coefficient (Wildman–Crippen LogP) is 4.25. The molecule has 0 unspecified atom stereocenters. The fraction of sp³-hybridized carbons (Fsp3) is 0.316. The van der Waals surface area contributed by atoms with Gasteiger partial charge in [-0.15, -0.1) is 16.4 Å². The summed E-state index contributed by atoms with van der Waals surface area (Å²) in [6.45, 7) is 1.79. The van der Waals surface area contributed by atoms with E-state index in [0.29, 0.717) is 20.7 Å². The first-order valence-electron chi connectivity index (χ1n) is 9.13. The smallest absolute Gasteiger partial charge is 0.238 e. The third kappa shape index (κ3) is 4.15. The van der Waals surface area contributed by atoms with Crippen LogP contribution in [0.2, 0.25) is 5.02 Å². The number of carbonyl (C=O) groups is 1. The molecule has 0 spiro atoms. The molecule has 148 valence electrons. The number of tetrazole rings is 1. The highest BCUT2D eigenvalue weighted by atomic mass is 35.5. The standard InChI is InChI=1S/C19H17ClN6OS2/c1-11(28-19-23-24-25-26(19)13-8-6-12(20)7-9-13)17(27)22-18-15(10-21)14-4-2-3-5-16(14)29-18/h6-9,11H,2-5H2,1H3,(H,22,27)/t11-/m0/s1. The van der Waals surface area contributed by atoms with Gasteiger partial charge in [0, 0.05) is 9.90 Å². The minimum Gasteiger partial charge on any atom is -0.316 e. The summed E-state index contributed by atoms with van der Waals surface area (Å²) in [5.41, 5.74) is 2.47. The van der Waals surface area contributed by atoms with Gasteiger partial charge in [0.1, 0.15) is 11.1 Å². The number of halogens is 1. The first kappa shape index (κ1) is 19.9. The summed E-state index contributed by atoms with van der Waals surface area (Å²) in [5, 5.41) is 25.6. The van der Waals surface area contributed by atoms with Crippen LogP contribution in [0.3, 0.4) is 0 Å². The van der Waals surface area contributed by atoms with E-state index >= 15 is 0 Å². The average Bonchev–Trinajstić information content (AvgIpc) is 3.32. The van der Waals surface area contributed by atoms with E-state index in [1.807, 2.05) is 12.1 Å². The summed E-state index contributed by atoms with van der Waals surface area (Å²) >= 11 is 8.71. The first-order chi connectivity index (χ1) is 14.1. The largest absolute Gasteiger partial charge is 0.316 e. The summed E-state index contributed by atoms with van der Waals surface area (Å²) in [6.07, 6.45) is 4.10. The van der Waals surface area contributed by atoms with E-state index < -0.39 is 5.25 Å². The van der Waals surface area contributed by atoms with Crippen LogP contribution in [0.4, 0.5) is 5.00 Å². The number of amides is 1. The van der Waals surface area contributed by atoms with Crippen molar-refractivity contribution in [1.82, 2.24) is 20.2 Å². The number of aromatic nitrogens is 4. The average molecular weight is 445 g/mol. The van der Waals surface area contributed by atoms with Gasteiger partial charge in [-0.3, -0.25) is 4.79 Å². The second-order valence-electron chi connectivity index (χ2n) is 6.63. The lowest BCUT2D eigenvalue weighted by molar-refractivity contribution is -0.115. The zero-order valence-electron chi connectivity index (χ0n) is 15.6. The van der Waals surface area contributed by atoms with Crippen molar-refractivity contribution in [3.05, 3.63) is 45.3 Å². The van der Waals surface area contributed by atoms with Gasteiger partial charge >= 0.3 is 0 Å². The van der Waals surface area contributed by atoms with Crippen LogP contribution in [-0.4, -0.2) is 31.4 Å². The molecule has 1 N–H and O–H groups in total. The molecule has 0 radical (unpaired) electrons. The Morgan fingerprint density at radius 1 is 1.34 bits per heavy atom. The monoisotopic (exact) mass is 444 g/mol. The zero-order chi connectivity index (χ0) is 20.4. The molecular formula is C19H17ClN6OS2. The van der Waals surface area contributed by atoms with Crippen molar-refractivity contribution in [1.29, 1.82) is 5.26 Å². The normalized spacial score (nSPS) is 14.1. The topological polar surface area (TPSA) is 96.5 Å². The molecule has 2 aromatic heterocycles. The third-order valence-corrected chi connectivity index (χ3v) is 7.18. The highest BCUT2D eigenvalue weighted by Gasteiger charge is 2.24. The van der Waals surface area contributed by atoms with Crippen molar-refractivity contribution >= 4 is 45.6 Å². The van der Waals surface area contributed by atoms with Gasteiger partial charge in [-0.05, 0) is 72.9 Å². The summed E-state index contributed by atoms with van der Waals surface area (Å²) in [7, 11) is 0. The third-order valence-electron chi connectivity index (χ3n) is 4.68. The van der Waals surface area contributed by atoms with Crippen LogP contribution in [0, 0.1) is 11.3 Å². The molecule has 2 heterocycles. The highest BCUT2D eigenvalue weighted by Crippen LogP contribution is 2.38. The van der Waals surface area contributed by atoms with Crippen molar-refractivity contribution in [2.75, 3.05) is 5.32 Å². The molecule has 0 aliphatic heterocycles. The lowest BCUT2D eigenvalue weighted by Gasteiger charge is -2.11. The molecule has 1 aromatic carbocycles. The number of benzene rings is 1. The van der Waals surface area contributed by atoms with E-state index in [-0.39, 0.29) is 5.91 Å². The van der Waals surface area contributed by atoms with Crippen molar-refractivity contribution in [2.24, 2.45) is 0 Å². The number of nitrogens with one attached hydrogen (secondary N) is 1. The second kappa shape index (κ2) is 8.53. The SMILES string of the molecule is C[C@H](Sc1nnnn1-c1ccc(Cl)cc1)C(=O)Nc1sc2c(c1C#N)CCCC2. The Labute approximate surface area is 181 Å². The maximum Gasteiger partial charge on any atom is 0.238 e. The van der Waals surface area contributed by atoms with E-state index in [1.54, 1.807) is 23.7 Å². The Balaban J connectivity index is 1.49. The molecule has 0 saturated carbocycles. The number of thioether (sulfide) groups is 1. The van der Waals surface area contributed by atoms with Gasteiger partial charge in [0.05, 0.1) is 16.5 Å². The molecule has 0 saturated heterocycles. The zero-order valence-corrected chi connectivity index (χ0v) is 17.9. The lowest BCUT2D eigenvalue weighted by Crippen LogP contribution is -2.23. The van der Waals surface area contributed by atoms with E-state index in [4.69, 9.17) is 11.6 Å². The molecule has 7 nitrogen and oxygen atoms in total. The minimum atomic E-state index is -0.447. The molecule has 1 aliphatic rings. The van der Waals surface area contributed by atoms with Crippen LogP contribution in [-0.2, 0) is 17.6 Å². The molecular weight excluding hydrogens is 428 g/mol. The van der Waals surface area contributed by atoms with Crippen LogP contribution < -0.4 is 5.32 Å². The van der Waals surface area contributed by atoms with Crippen LogP contribution in [0.5, 0.6) is 0 Å². The summed E-state index contributed by atoms with van der Waals surface area (Å²) in [6, 6.07) is 9.40. The number of aryl methyl sites for hydroxylation is 1. The molecule has 1 amide bonds. The maximum atomic E-state index is 12.8. The Morgan fingerprint density at radius 3 is 2.86 bits per heavy atom. The van der Waals surface area contributed by atoms with E-state index in [2.05, 4.69) is 26.9 Å². The maximum absolute atomic E-state index is 12.8. The summed E-state index contributed by atoms with van der Waals surface area (Å²) < 4.78 is 1.56. The fourth-order valence-corrected chi connectivity index (χ4v) is 5.37. The number of rotatable bonds is 5. The number of hydrogen-bond donors (Lipinski definition) is 1. The lowest BCUT2D eigenvalue weighted by atomic mass is 9.96. The minimum absolute atomic E-state index is 0.184. The molecule has 1 aliphatic carbocycles. The van der Waals surface area contributed by atoms with Crippen molar-refractivity contribution in [2.45, 2.75) is 43.0 Å². The van der Waals surface area contributed by atoms with Crippen molar-refractivity contribution < 1.29 is 4.79 Å². The second-order valence-corrected chi connectivity index (χ2v) is 9.48. The number of fused-ring (bicyclic) bond motifs is 1. The van der Waals surface area contributed by atoms with Crippen LogP contribution in [0.25, 0.3) is 5.69 Å². The summed E-state index contributed by atoms with van der Waals surface area (Å²) in [4.78, 5) is 14.0. The van der Waals surface area contributed by atoms with Gasteiger partial charge in [-0.25, -0.2) is 0 Å². The molecule has 0 bridgehead atoms. The quantitative estimate of drug-likeness (QED) is 0.591. The molecule has 4 rings (SSSR count). The van der Waals surface area contributed by atoms with Gasteiger partial charge in [-0.2, -0.15) is 9.94 Å². The number of carbonyl (C=O) groups excluding carboxylic acids is 1. The summed E-state index contributed by atoms with van der Waals surface area (Å²) in [5.74, 6) is -0.184. The highest BCUT2D eigenvalue weighted by molar-refractivity contribution is 8.00. The molecule has 3 aromatic rings. The van der Waals surface area contributed by atoms with Crippen LogP contribution in [0.1, 0.15) is 35.8 Å². The number of thiophene rings is 1. The van der Waals surface area contributed by atoms with Gasteiger partial charge < -0.3 is 5.32 Å².